The van der Waals surface area contributed by atoms with Gasteiger partial charge in [0.25, 0.3) is 0 Å². The number of aryl methyl sites for hydroxylation is 2. The van der Waals surface area contributed by atoms with E-state index < -0.39 is 0 Å². The molecular weight excluding hydrogens is 338 g/mol. The van der Waals surface area contributed by atoms with Crippen molar-refractivity contribution >= 4 is 17.1 Å². The Morgan fingerprint density at radius 1 is 0.464 bits per heavy atom. The molecule has 0 fully saturated rings. The number of nitrogens with zero attached hydrogens (tertiary/aromatic N) is 1. The average Bonchev–Trinajstić information content (AvgIpc) is 2.73. The van der Waals surface area contributed by atoms with Crippen LogP contribution < -0.4 is 4.90 Å². The fourth-order valence-corrected chi connectivity index (χ4v) is 3.43. The Kier molecular flexibility index (Phi) is 5.25. The molecule has 1 nitrogen and oxygen atoms in total. The van der Waals surface area contributed by atoms with Crippen LogP contribution in [0.2, 0.25) is 0 Å². The molecule has 1 heteroatoms. The summed E-state index contributed by atoms with van der Waals surface area (Å²) >= 11 is 0. The first-order chi connectivity index (χ1) is 13.7. The van der Waals surface area contributed by atoms with Crippen LogP contribution in [0.3, 0.4) is 0 Å². The molecule has 138 valence electrons. The van der Waals surface area contributed by atoms with Crippen molar-refractivity contribution in [3.8, 4) is 0 Å². The lowest BCUT2D eigenvalue weighted by molar-refractivity contribution is 1.18. The average molecular weight is 364 g/mol. The zero-order chi connectivity index (χ0) is 19.3. The Labute approximate surface area is 167 Å². The van der Waals surface area contributed by atoms with Crippen LogP contribution in [0.15, 0.2) is 103 Å². The van der Waals surface area contributed by atoms with Crippen LogP contribution in [0.1, 0.15) is 22.3 Å². The van der Waals surface area contributed by atoms with Crippen LogP contribution in [-0.4, -0.2) is 0 Å². The van der Waals surface area contributed by atoms with Crippen LogP contribution in [0.4, 0.5) is 17.1 Å². The Balaban J connectivity index is 1.68. The van der Waals surface area contributed by atoms with Gasteiger partial charge in [0.2, 0.25) is 0 Å². The van der Waals surface area contributed by atoms with Crippen molar-refractivity contribution < 1.29 is 0 Å². The summed E-state index contributed by atoms with van der Waals surface area (Å²) in [6.07, 6.45) is 0.955. The van der Waals surface area contributed by atoms with E-state index in [-0.39, 0.29) is 0 Å². The van der Waals surface area contributed by atoms with Gasteiger partial charge >= 0.3 is 0 Å². The van der Waals surface area contributed by atoms with Crippen molar-refractivity contribution in [2.24, 2.45) is 0 Å². The molecule has 0 spiro atoms. The zero-order valence-corrected chi connectivity index (χ0v) is 16.5. The van der Waals surface area contributed by atoms with Crippen molar-refractivity contribution in [2.45, 2.75) is 20.3 Å². The molecule has 0 aliphatic carbocycles. The van der Waals surface area contributed by atoms with Gasteiger partial charge in [-0.3, -0.25) is 0 Å². The largest absolute Gasteiger partial charge is 0.311 e. The molecule has 0 radical (unpaired) electrons. The van der Waals surface area contributed by atoms with Gasteiger partial charge in [0.1, 0.15) is 0 Å². The Morgan fingerprint density at radius 2 is 0.857 bits per heavy atom. The third-order valence-electron chi connectivity index (χ3n) is 5.03. The molecule has 0 unspecified atom stereocenters. The number of hydrogen-bond donors (Lipinski definition) is 0. The molecule has 0 amide bonds. The van der Waals surface area contributed by atoms with E-state index in [2.05, 4.69) is 122 Å². The fraction of sp³-hybridized carbons (Fsp3) is 0.111. The molecule has 4 rings (SSSR count). The van der Waals surface area contributed by atoms with E-state index in [9.17, 15) is 0 Å². The summed E-state index contributed by atoms with van der Waals surface area (Å²) in [6, 6.07) is 36.9. The molecule has 0 saturated heterocycles. The Bertz CT molecular complexity index is 969. The minimum atomic E-state index is 0.955. The highest BCUT2D eigenvalue weighted by atomic mass is 15.1. The minimum absolute atomic E-state index is 0.955. The second-order valence-corrected chi connectivity index (χ2v) is 7.34. The molecule has 4 aromatic rings. The number of benzene rings is 4. The summed E-state index contributed by atoms with van der Waals surface area (Å²) in [5, 5.41) is 0. The maximum absolute atomic E-state index is 2.31. The molecule has 0 aliphatic rings. The van der Waals surface area contributed by atoms with Gasteiger partial charge in [-0.15, -0.1) is 0 Å². The molecule has 0 N–H and O–H groups in total. The first kappa shape index (κ1) is 18.1. The van der Waals surface area contributed by atoms with Gasteiger partial charge in [-0.2, -0.15) is 0 Å². The fourth-order valence-electron chi connectivity index (χ4n) is 3.43. The van der Waals surface area contributed by atoms with Crippen molar-refractivity contribution in [3.63, 3.8) is 0 Å². The van der Waals surface area contributed by atoms with Crippen molar-refractivity contribution in [1.82, 2.24) is 0 Å². The molecule has 0 bridgehead atoms. The predicted octanol–water partition coefficient (Wildman–Crippen LogP) is 7.36. The summed E-state index contributed by atoms with van der Waals surface area (Å²) in [7, 11) is 0. The van der Waals surface area contributed by atoms with E-state index in [1.54, 1.807) is 0 Å². The number of rotatable bonds is 5. The van der Waals surface area contributed by atoms with E-state index in [4.69, 9.17) is 0 Å². The van der Waals surface area contributed by atoms with E-state index in [1.807, 2.05) is 0 Å². The highest BCUT2D eigenvalue weighted by Gasteiger charge is 2.12. The normalized spacial score (nSPS) is 10.6. The third kappa shape index (κ3) is 4.15. The van der Waals surface area contributed by atoms with Gasteiger partial charge in [0, 0.05) is 17.1 Å². The quantitative estimate of drug-likeness (QED) is 0.358. The molecule has 0 heterocycles. The molecule has 0 aromatic heterocycles. The Morgan fingerprint density at radius 3 is 1.32 bits per heavy atom. The van der Waals surface area contributed by atoms with Crippen molar-refractivity contribution in [2.75, 3.05) is 4.90 Å². The van der Waals surface area contributed by atoms with E-state index >= 15 is 0 Å². The number of anilines is 3. The Hall–Kier alpha value is -3.32. The van der Waals surface area contributed by atoms with Crippen LogP contribution in [0.5, 0.6) is 0 Å². The van der Waals surface area contributed by atoms with E-state index in [1.165, 1.54) is 39.3 Å². The molecule has 0 saturated carbocycles. The predicted molar refractivity (Wildman–Crippen MR) is 120 cm³/mol. The smallest absolute Gasteiger partial charge is 0.0461 e. The van der Waals surface area contributed by atoms with Crippen LogP contribution >= 0.6 is 0 Å². The standard InChI is InChI=1S/C27H25N/c1-21-8-14-25(15-9-21)28(26-16-10-22(2)11-17-26)27-18-12-24(13-19-27)20-23-6-4-3-5-7-23/h3-19H,20H2,1-2H3. The summed E-state index contributed by atoms with van der Waals surface area (Å²) in [5.41, 5.74) is 8.71. The van der Waals surface area contributed by atoms with Gasteiger partial charge in [-0.05, 0) is 67.8 Å². The second-order valence-electron chi connectivity index (χ2n) is 7.34. The van der Waals surface area contributed by atoms with Gasteiger partial charge in [0.15, 0.2) is 0 Å². The highest BCUT2D eigenvalue weighted by molar-refractivity contribution is 5.76. The van der Waals surface area contributed by atoms with Gasteiger partial charge in [-0.1, -0.05) is 77.9 Å². The highest BCUT2D eigenvalue weighted by Crippen LogP contribution is 2.34. The summed E-state index contributed by atoms with van der Waals surface area (Å²) in [5.74, 6) is 0. The lowest BCUT2D eigenvalue weighted by Crippen LogP contribution is -2.10. The summed E-state index contributed by atoms with van der Waals surface area (Å²) < 4.78 is 0. The SMILES string of the molecule is Cc1ccc(N(c2ccc(C)cc2)c2ccc(Cc3ccccc3)cc2)cc1. The number of hydrogen-bond acceptors (Lipinski definition) is 1. The summed E-state index contributed by atoms with van der Waals surface area (Å²) in [4.78, 5) is 2.31. The lowest BCUT2D eigenvalue weighted by Gasteiger charge is -2.26. The molecule has 28 heavy (non-hydrogen) atoms. The maximum Gasteiger partial charge on any atom is 0.0461 e. The van der Waals surface area contributed by atoms with Gasteiger partial charge < -0.3 is 4.90 Å². The first-order valence-electron chi connectivity index (χ1n) is 9.75. The van der Waals surface area contributed by atoms with E-state index in [0.717, 1.165) is 6.42 Å². The van der Waals surface area contributed by atoms with Gasteiger partial charge in [0.05, 0.1) is 0 Å². The zero-order valence-electron chi connectivity index (χ0n) is 16.5. The van der Waals surface area contributed by atoms with Crippen LogP contribution in [0.25, 0.3) is 0 Å². The monoisotopic (exact) mass is 363 g/mol. The van der Waals surface area contributed by atoms with Crippen LogP contribution in [0, 0.1) is 13.8 Å². The molecule has 0 atom stereocenters. The molecule has 0 aliphatic heterocycles. The third-order valence-corrected chi connectivity index (χ3v) is 5.03. The first-order valence-corrected chi connectivity index (χ1v) is 9.75. The summed E-state index contributed by atoms with van der Waals surface area (Å²) in [6.45, 7) is 4.25. The molecule has 4 aromatic carbocycles. The topological polar surface area (TPSA) is 3.24 Å². The maximum atomic E-state index is 2.31. The second kappa shape index (κ2) is 8.14. The van der Waals surface area contributed by atoms with E-state index in [0.29, 0.717) is 0 Å². The minimum Gasteiger partial charge on any atom is -0.311 e. The lowest BCUT2D eigenvalue weighted by atomic mass is 10.0. The molecular formula is C27H25N. The van der Waals surface area contributed by atoms with Crippen molar-refractivity contribution in [1.29, 1.82) is 0 Å². The van der Waals surface area contributed by atoms with Crippen LogP contribution in [-0.2, 0) is 6.42 Å². The van der Waals surface area contributed by atoms with Gasteiger partial charge in [-0.25, -0.2) is 0 Å². The van der Waals surface area contributed by atoms with Crippen molar-refractivity contribution in [3.05, 3.63) is 125 Å².